The number of pyridine rings is 1. The van der Waals surface area contributed by atoms with Gasteiger partial charge in [-0.05, 0) is 25.0 Å². The molecule has 130 valence electrons. The lowest BCUT2D eigenvalue weighted by atomic mass is 10.1. The highest BCUT2D eigenvalue weighted by atomic mass is 16.1. The molecule has 3 heteroatoms. The molecule has 0 radical (unpaired) electrons. The maximum absolute atomic E-state index is 12.6. The van der Waals surface area contributed by atoms with E-state index in [2.05, 4.69) is 48.2 Å². The summed E-state index contributed by atoms with van der Waals surface area (Å²) in [4.78, 5) is 14.9. The van der Waals surface area contributed by atoms with Gasteiger partial charge >= 0.3 is 0 Å². The van der Waals surface area contributed by atoms with Crippen molar-refractivity contribution in [3.05, 3.63) is 89.2 Å². The third-order valence-corrected chi connectivity index (χ3v) is 5.12. The molecule has 0 bridgehead atoms. The van der Waals surface area contributed by atoms with Crippen LogP contribution in [0.2, 0.25) is 0 Å². The Morgan fingerprint density at radius 3 is 2.58 bits per heavy atom. The van der Waals surface area contributed by atoms with Crippen LogP contribution in [0, 0.1) is 13.8 Å². The van der Waals surface area contributed by atoms with Gasteiger partial charge in [-0.1, -0.05) is 48.0 Å². The molecule has 0 saturated carbocycles. The molecule has 4 rings (SSSR count). The summed E-state index contributed by atoms with van der Waals surface area (Å²) in [6.45, 7) is 5.47. The number of carbonyl (C=O) groups excluding carboxylic acids is 1. The molecule has 26 heavy (non-hydrogen) atoms. The van der Waals surface area contributed by atoms with Crippen molar-refractivity contribution < 1.29 is 9.36 Å². The number of aryl methyl sites for hydroxylation is 2. The molecule has 1 aliphatic rings. The lowest BCUT2D eigenvalue weighted by Crippen LogP contribution is -2.40. The van der Waals surface area contributed by atoms with Gasteiger partial charge in [-0.2, -0.15) is 4.57 Å². The number of aromatic nitrogens is 1. The number of benzene rings is 2. The van der Waals surface area contributed by atoms with Crippen LogP contribution >= 0.6 is 0 Å². The van der Waals surface area contributed by atoms with Crippen molar-refractivity contribution in [3.63, 3.8) is 0 Å². The summed E-state index contributed by atoms with van der Waals surface area (Å²) in [5.74, 6) is 0.136. The van der Waals surface area contributed by atoms with Crippen molar-refractivity contribution in [2.75, 3.05) is 11.4 Å². The second-order valence-electron chi connectivity index (χ2n) is 6.97. The highest BCUT2D eigenvalue weighted by molar-refractivity contribution is 5.95. The van der Waals surface area contributed by atoms with Gasteiger partial charge in [-0.25, -0.2) is 0 Å². The number of Topliss-reactive ketones (excluding diaryl/α,β-unsaturated/α-hetero) is 1. The number of carbonyl (C=O) groups is 1. The Morgan fingerprint density at radius 1 is 1.04 bits per heavy atom. The molecule has 0 spiro atoms. The lowest BCUT2D eigenvalue weighted by Gasteiger charge is -2.19. The zero-order valence-electron chi connectivity index (χ0n) is 15.3. The number of para-hydroxylation sites is 1. The minimum atomic E-state index is 0.136. The standard InChI is InChI=1S/C23H23N2O/c1-17-7-9-20(10-8-17)23(26)16-24-13-12-21(15-18(24)2)25-14-11-19-5-3-4-6-22(19)25/h3-10,12-13,15H,11,14,16H2,1-2H3/q+1. The molecule has 2 heterocycles. The molecule has 0 aliphatic carbocycles. The molecule has 2 aromatic carbocycles. The molecule has 3 aromatic rings. The van der Waals surface area contributed by atoms with Gasteiger partial charge < -0.3 is 4.90 Å². The zero-order chi connectivity index (χ0) is 18.1. The van der Waals surface area contributed by atoms with Crippen LogP contribution in [0.4, 0.5) is 11.4 Å². The summed E-state index contributed by atoms with van der Waals surface area (Å²) in [7, 11) is 0. The summed E-state index contributed by atoms with van der Waals surface area (Å²) in [6, 6.07) is 20.6. The van der Waals surface area contributed by atoms with E-state index >= 15 is 0 Å². The van der Waals surface area contributed by atoms with E-state index in [0.717, 1.165) is 24.2 Å². The maximum Gasteiger partial charge on any atom is 0.227 e. The molecule has 0 amide bonds. The maximum atomic E-state index is 12.6. The Hall–Kier alpha value is -2.94. The van der Waals surface area contributed by atoms with Crippen molar-refractivity contribution in [3.8, 4) is 0 Å². The molecule has 3 nitrogen and oxygen atoms in total. The van der Waals surface area contributed by atoms with Crippen molar-refractivity contribution in [1.82, 2.24) is 0 Å². The zero-order valence-corrected chi connectivity index (χ0v) is 15.3. The van der Waals surface area contributed by atoms with Crippen LogP contribution in [0.3, 0.4) is 0 Å². The fourth-order valence-electron chi connectivity index (χ4n) is 3.57. The molecule has 0 atom stereocenters. The van der Waals surface area contributed by atoms with E-state index < -0.39 is 0 Å². The van der Waals surface area contributed by atoms with Gasteiger partial charge in [0, 0.05) is 36.9 Å². The average molecular weight is 343 g/mol. The fraction of sp³-hybridized carbons (Fsp3) is 0.217. The lowest BCUT2D eigenvalue weighted by molar-refractivity contribution is -0.689. The second-order valence-corrected chi connectivity index (χ2v) is 6.97. The summed E-state index contributed by atoms with van der Waals surface area (Å²) < 4.78 is 2.02. The molecule has 0 fully saturated rings. The Bertz CT molecular complexity index is 960. The summed E-state index contributed by atoms with van der Waals surface area (Å²) in [5.41, 5.74) is 6.90. The normalized spacial score (nSPS) is 12.9. The Labute approximate surface area is 154 Å². The number of nitrogens with zero attached hydrogens (tertiary/aromatic N) is 2. The first-order chi connectivity index (χ1) is 12.6. The van der Waals surface area contributed by atoms with E-state index in [9.17, 15) is 4.79 Å². The van der Waals surface area contributed by atoms with E-state index in [1.807, 2.05) is 42.0 Å². The van der Waals surface area contributed by atoms with Gasteiger partial charge in [0.15, 0.2) is 11.9 Å². The fourth-order valence-corrected chi connectivity index (χ4v) is 3.57. The number of rotatable bonds is 4. The topological polar surface area (TPSA) is 24.2 Å². The molecular weight excluding hydrogens is 320 g/mol. The molecule has 1 aliphatic heterocycles. The first-order valence-corrected chi connectivity index (χ1v) is 9.07. The van der Waals surface area contributed by atoms with Crippen LogP contribution in [0.5, 0.6) is 0 Å². The van der Waals surface area contributed by atoms with Crippen molar-refractivity contribution in [2.45, 2.75) is 26.8 Å². The predicted molar refractivity (Wildman–Crippen MR) is 104 cm³/mol. The molecule has 0 saturated heterocycles. The molecule has 0 unspecified atom stereocenters. The number of ketones is 1. The van der Waals surface area contributed by atoms with Crippen LogP contribution in [0.1, 0.15) is 27.2 Å². The van der Waals surface area contributed by atoms with Gasteiger partial charge in [0.05, 0.1) is 5.69 Å². The first-order valence-electron chi connectivity index (χ1n) is 9.07. The third-order valence-electron chi connectivity index (χ3n) is 5.12. The summed E-state index contributed by atoms with van der Waals surface area (Å²) in [5, 5.41) is 0. The van der Waals surface area contributed by atoms with Crippen molar-refractivity contribution in [2.24, 2.45) is 0 Å². The van der Waals surface area contributed by atoms with Crippen LogP contribution in [0.15, 0.2) is 66.9 Å². The van der Waals surface area contributed by atoms with Gasteiger partial charge in [0.25, 0.3) is 0 Å². The summed E-state index contributed by atoms with van der Waals surface area (Å²) >= 11 is 0. The van der Waals surface area contributed by atoms with E-state index in [1.165, 1.54) is 22.5 Å². The molecule has 0 N–H and O–H groups in total. The SMILES string of the molecule is Cc1ccc(C(=O)C[n+]2ccc(N3CCc4ccccc43)cc2C)cc1. The number of hydrogen-bond donors (Lipinski definition) is 0. The highest BCUT2D eigenvalue weighted by Crippen LogP contribution is 2.33. The number of fused-ring (bicyclic) bond motifs is 1. The van der Waals surface area contributed by atoms with Gasteiger partial charge in [0.1, 0.15) is 0 Å². The van der Waals surface area contributed by atoms with Crippen molar-refractivity contribution >= 4 is 17.2 Å². The van der Waals surface area contributed by atoms with E-state index in [4.69, 9.17) is 0 Å². The Kier molecular flexibility index (Phi) is 4.29. The highest BCUT2D eigenvalue weighted by Gasteiger charge is 2.22. The molecular formula is C23H23N2O+. The largest absolute Gasteiger partial charge is 0.341 e. The summed E-state index contributed by atoms with van der Waals surface area (Å²) in [6.07, 6.45) is 3.10. The number of hydrogen-bond acceptors (Lipinski definition) is 2. The van der Waals surface area contributed by atoms with E-state index in [0.29, 0.717) is 6.54 Å². The number of anilines is 2. The Morgan fingerprint density at radius 2 is 1.81 bits per heavy atom. The van der Waals surface area contributed by atoms with Crippen LogP contribution in [0.25, 0.3) is 0 Å². The monoisotopic (exact) mass is 343 g/mol. The quantitative estimate of drug-likeness (QED) is 0.524. The average Bonchev–Trinajstić information content (AvgIpc) is 3.08. The van der Waals surface area contributed by atoms with Gasteiger partial charge in [-0.3, -0.25) is 4.79 Å². The predicted octanol–water partition coefficient (Wildman–Crippen LogP) is 4.17. The first kappa shape index (κ1) is 16.5. The minimum absolute atomic E-state index is 0.136. The van der Waals surface area contributed by atoms with E-state index in [1.54, 1.807) is 0 Å². The van der Waals surface area contributed by atoms with Gasteiger partial charge in [0.2, 0.25) is 12.3 Å². The van der Waals surface area contributed by atoms with Crippen molar-refractivity contribution in [1.29, 1.82) is 0 Å². The van der Waals surface area contributed by atoms with Gasteiger partial charge in [-0.15, -0.1) is 0 Å². The molecule has 1 aromatic heterocycles. The smallest absolute Gasteiger partial charge is 0.227 e. The Balaban J connectivity index is 1.55. The second kappa shape index (κ2) is 6.75. The van der Waals surface area contributed by atoms with Crippen LogP contribution < -0.4 is 9.47 Å². The van der Waals surface area contributed by atoms with E-state index in [-0.39, 0.29) is 5.78 Å². The minimum Gasteiger partial charge on any atom is -0.341 e. The van der Waals surface area contributed by atoms with Crippen LogP contribution in [-0.4, -0.2) is 12.3 Å². The third kappa shape index (κ3) is 3.13. The van der Waals surface area contributed by atoms with Crippen LogP contribution in [-0.2, 0) is 13.0 Å².